The maximum atomic E-state index is 12.1. The van der Waals surface area contributed by atoms with Crippen LogP contribution in [0.3, 0.4) is 0 Å². The number of hydrogen-bond donors (Lipinski definition) is 2. The van der Waals surface area contributed by atoms with Crippen LogP contribution in [0.2, 0.25) is 5.02 Å². The highest BCUT2D eigenvalue weighted by atomic mass is 35.5. The summed E-state index contributed by atoms with van der Waals surface area (Å²) in [5, 5.41) is 3.00. The van der Waals surface area contributed by atoms with Gasteiger partial charge in [-0.05, 0) is 30.3 Å². The number of methoxy groups -OCH3 is 1. The Morgan fingerprint density at radius 2 is 1.92 bits per heavy atom. The molecule has 0 aliphatic rings. The minimum Gasteiger partial charge on any atom is -0.497 e. The molecule has 0 aliphatic heterocycles. The minimum absolute atomic E-state index is 0.00297. The van der Waals surface area contributed by atoms with E-state index in [1.54, 1.807) is 36.4 Å². The summed E-state index contributed by atoms with van der Waals surface area (Å²) in [6, 6.07) is 12.8. The van der Waals surface area contributed by atoms with Gasteiger partial charge in [-0.3, -0.25) is 4.79 Å². The predicted octanol–water partition coefficient (Wildman–Crippen LogP) is 2.66. The molecule has 0 atom stereocenters. The molecule has 2 rings (SSSR count). The average Bonchev–Trinajstić information content (AvgIpc) is 2.55. The number of rotatable bonds is 7. The first-order chi connectivity index (χ1) is 11.4. The fourth-order valence-corrected chi connectivity index (χ4v) is 3.27. The monoisotopic (exact) mass is 368 g/mol. The number of carbonyl (C=O) groups excluding carboxylic acids is 1. The van der Waals surface area contributed by atoms with Crippen LogP contribution < -0.4 is 14.8 Å². The van der Waals surface area contributed by atoms with Crippen molar-refractivity contribution in [1.82, 2.24) is 4.72 Å². The van der Waals surface area contributed by atoms with Crippen molar-refractivity contribution in [3.63, 3.8) is 0 Å². The largest absolute Gasteiger partial charge is 0.497 e. The molecule has 0 radical (unpaired) electrons. The number of hydrogen-bond acceptors (Lipinski definition) is 4. The van der Waals surface area contributed by atoms with Crippen LogP contribution in [0.25, 0.3) is 0 Å². The van der Waals surface area contributed by atoms with Crippen molar-refractivity contribution in [2.75, 3.05) is 19.0 Å². The number of anilines is 1. The third-order valence-corrected chi connectivity index (χ3v) is 4.80. The van der Waals surface area contributed by atoms with Crippen LogP contribution in [0.4, 0.5) is 5.69 Å². The van der Waals surface area contributed by atoms with Crippen molar-refractivity contribution in [2.24, 2.45) is 0 Å². The number of halogens is 1. The highest BCUT2D eigenvalue weighted by Crippen LogP contribution is 2.17. The predicted molar refractivity (Wildman–Crippen MR) is 92.9 cm³/mol. The van der Waals surface area contributed by atoms with E-state index in [1.807, 2.05) is 0 Å². The maximum Gasteiger partial charge on any atom is 0.240 e. The zero-order valence-electron chi connectivity index (χ0n) is 13.0. The lowest BCUT2D eigenvalue weighted by molar-refractivity contribution is -0.116. The van der Waals surface area contributed by atoms with Gasteiger partial charge in [-0.2, -0.15) is 0 Å². The first-order valence-electron chi connectivity index (χ1n) is 7.10. The van der Waals surface area contributed by atoms with E-state index < -0.39 is 10.0 Å². The van der Waals surface area contributed by atoms with Crippen molar-refractivity contribution in [3.05, 3.63) is 53.6 Å². The van der Waals surface area contributed by atoms with Crippen LogP contribution in [-0.4, -0.2) is 28.0 Å². The van der Waals surface area contributed by atoms with Gasteiger partial charge in [-0.15, -0.1) is 0 Å². The molecule has 0 heterocycles. The van der Waals surface area contributed by atoms with Crippen LogP contribution in [0.5, 0.6) is 5.75 Å². The van der Waals surface area contributed by atoms with Gasteiger partial charge < -0.3 is 10.1 Å². The van der Waals surface area contributed by atoms with E-state index in [-0.39, 0.29) is 23.8 Å². The van der Waals surface area contributed by atoms with E-state index in [9.17, 15) is 13.2 Å². The summed E-state index contributed by atoms with van der Waals surface area (Å²) in [5.41, 5.74) is 0.581. The van der Waals surface area contributed by atoms with Gasteiger partial charge in [-0.1, -0.05) is 23.7 Å². The van der Waals surface area contributed by atoms with Crippen LogP contribution in [0.15, 0.2) is 53.4 Å². The second kappa shape index (κ2) is 8.14. The van der Waals surface area contributed by atoms with Gasteiger partial charge in [0.1, 0.15) is 5.75 Å². The van der Waals surface area contributed by atoms with Gasteiger partial charge in [0.25, 0.3) is 0 Å². The summed E-state index contributed by atoms with van der Waals surface area (Å²) in [6.07, 6.45) is -0.00297. The summed E-state index contributed by atoms with van der Waals surface area (Å²) in [6.45, 7) is -0.0232. The molecular formula is C16H17ClN2O4S. The van der Waals surface area contributed by atoms with Crippen molar-refractivity contribution in [3.8, 4) is 5.75 Å². The Morgan fingerprint density at radius 3 is 2.62 bits per heavy atom. The fourth-order valence-electron chi connectivity index (χ4n) is 1.94. The van der Waals surface area contributed by atoms with Gasteiger partial charge in [0, 0.05) is 29.7 Å². The first kappa shape index (κ1) is 18.3. The molecule has 0 fully saturated rings. The lowest BCUT2D eigenvalue weighted by atomic mass is 10.3. The van der Waals surface area contributed by atoms with Crippen molar-refractivity contribution in [1.29, 1.82) is 0 Å². The number of benzene rings is 2. The maximum absolute atomic E-state index is 12.1. The minimum atomic E-state index is -3.70. The topological polar surface area (TPSA) is 84.5 Å². The summed E-state index contributed by atoms with van der Waals surface area (Å²) in [7, 11) is -2.16. The van der Waals surface area contributed by atoms with E-state index >= 15 is 0 Å². The van der Waals surface area contributed by atoms with E-state index in [0.717, 1.165) is 0 Å². The standard InChI is InChI=1S/C16H17ClN2O4S/c1-23-14-6-3-5-13(11-14)19-16(20)8-9-18-24(21,22)15-7-2-4-12(17)10-15/h2-7,10-11,18H,8-9H2,1H3,(H,19,20). The van der Waals surface area contributed by atoms with Crippen LogP contribution in [0.1, 0.15) is 6.42 Å². The SMILES string of the molecule is COc1cccc(NC(=O)CCNS(=O)(=O)c2cccc(Cl)c2)c1. The molecule has 1 amide bonds. The van der Waals surface area contributed by atoms with Crippen LogP contribution >= 0.6 is 11.6 Å². The molecule has 0 aromatic heterocycles. The molecule has 2 N–H and O–H groups in total. The van der Waals surface area contributed by atoms with Crippen molar-refractivity contribution >= 4 is 33.2 Å². The van der Waals surface area contributed by atoms with Gasteiger partial charge in [-0.25, -0.2) is 13.1 Å². The Morgan fingerprint density at radius 1 is 1.17 bits per heavy atom. The Balaban J connectivity index is 1.88. The smallest absolute Gasteiger partial charge is 0.240 e. The van der Waals surface area contributed by atoms with Gasteiger partial charge in [0.15, 0.2) is 0 Å². The second-order valence-electron chi connectivity index (χ2n) is 4.89. The summed E-state index contributed by atoms with van der Waals surface area (Å²) in [4.78, 5) is 11.9. The lowest BCUT2D eigenvalue weighted by Gasteiger charge is -2.08. The molecule has 0 unspecified atom stereocenters. The normalized spacial score (nSPS) is 11.1. The number of nitrogens with one attached hydrogen (secondary N) is 2. The van der Waals surface area contributed by atoms with Crippen LogP contribution in [-0.2, 0) is 14.8 Å². The van der Waals surface area contributed by atoms with Gasteiger partial charge in [0.05, 0.1) is 12.0 Å². The van der Waals surface area contributed by atoms with E-state index in [4.69, 9.17) is 16.3 Å². The Hall–Kier alpha value is -2.09. The van der Waals surface area contributed by atoms with E-state index in [0.29, 0.717) is 16.5 Å². The summed E-state index contributed by atoms with van der Waals surface area (Å²) in [5.74, 6) is 0.312. The quantitative estimate of drug-likeness (QED) is 0.786. The zero-order valence-corrected chi connectivity index (χ0v) is 14.5. The molecule has 24 heavy (non-hydrogen) atoms. The van der Waals surface area contributed by atoms with Gasteiger partial charge >= 0.3 is 0 Å². The molecule has 0 spiro atoms. The molecule has 0 saturated heterocycles. The number of ether oxygens (including phenoxy) is 1. The highest BCUT2D eigenvalue weighted by molar-refractivity contribution is 7.89. The van der Waals surface area contributed by atoms with Crippen LogP contribution in [0, 0.1) is 0 Å². The Bertz CT molecular complexity index is 824. The third-order valence-electron chi connectivity index (χ3n) is 3.10. The van der Waals surface area contributed by atoms with E-state index in [2.05, 4.69) is 10.0 Å². The summed E-state index contributed by atoms with van der Waals surface area (Å²) < 4.78 is 31.6. The molecule has 128 valence electrons. The molecule has 2 aromatic carbocycles. The Kier molecular flexibility index (Phi) is 6.19. The average molecular weight is 369 g/mol. The molecule has 6 nitrogen and oxygen atoms in total. The zero-order chi connectivity index (χ0) is 17.6. The number of sulfonamides is 1. The first-order valence-corrected chi connectivity index (χ1v) is 8.96. The molecule has 0 saturated carbocycles. The molecule has 0 aliphatic carbocycles. The second-order valence-corrected chi connectivity index (χ2v) is 7.09. The fraction of sp³-hybridized carbons (Fsp3) is 0.188. The number of amides is 1. The van der Waals surface area contributed by atoms with E-state index in [1.165, 1.54) is 19.2 Å². The Labute approximate surface area is 145 Å². The third kappa shape index (κ3) is 5.23. The number of carbonyl (C=O) groups is 1. The lowest BCUT2D eigenvalue weighted by Crippen LogP contribution is -2.27. The summed E-state index contributed by atoms with van der Waals surface area (Å²) >= 11 is 5.78. The van der Waals surface area contributed by atoms with Crippen molar-refractivity contribution < 1.29 is 17.9 Å². The molecular weight excluding hydrogens is 352 g/mol. The van der Waals surface area contributed by atoms with Gasteiger partial charge in [0.2, 0.25) is 15.9 Å². The molecule has 8 heteroatoms. The molecule has 2 aromatic rings. The van der Waals surface area contributed by atoms with Crippen molar-refractivity contribution in [2.45, 2.75) is 11.3 Å². The highest BCUT2D eigenvalue weighted by Gasteiger charge is 2.14. The molecule has 0 bridgehead atoms.